The van der Waals surface area contributed by atoms with Gasteiger partial charge < -0.3 is 25.2 Å². The van der Waals surface area contributed by atoms with Crippen LogP contribution in [0.5, 0.6) is 5.75 Å². The monoisotopic (exact) mass is 597 g/mol. The Bertz CT molecular complexity index is 1600. The molecule has 10 nitrogen and oxygen atoms in total. The molecule has 0 saturated carbocycles. The Morgan fingerprint density at radius 2 is 1.90 bits per heavy atom. The smallest absolute Gasteiger partial charge is 0.247 e. The maximum absolute atomic E-state index is 15.6. The quantitative estimate of drug-likeness (QED) is 0.168. The van der Waals surface area contributed by atoms with Crippen molar-refractivity contribution in [2.24, 2.45) is 0 Å². The lowest BCUT2D eigenvalue weighted by Crippen LogP contribution is -2.45. The van der Waals surface area contributed by atoms with Crippen molar-refractivity contribution in [3.8, 4) is 5.75 Å². The number of nitrogens with one attached hydrogen (secondary N) is 3. The fraction of sp³-hybridized carbons (Fsp3) is 0.214. The van der Waals surface area contributed by atoms with E-state index < -0.39 is 17.8 Å². The number of amides is 2. The summed E-state index contributed by atoms with van der Waals surface area (Å²) in [6.45, 7) is 7.40. The molecule has 2 aromatic carbocycles. The third-order valence-electron chi connectivity index (χ3n) is 6.73. The lowest BCUT2D eigenvalue weighted by molar-refractivity contribution is -0.118. The SMILES string of the molecule is C=CC(=O)Nc1cc(N2CCN(C=O)CC2)cc(F)c1Nc1n[nH]c2ccc(OC(C)c3c(Cl)cncc3Cl)cc12. The van der Waals surface area contributed by atoms with Crippen molar-refractivity contribution in [1.82, 2.24) is 20.1 Å². The molecule has 3 N–H and O–H groups in total. The van der Waals surface area contributed by atoms with Gasteiger partial charge >= 0.3 is 0 Å². The molecule has 2 amide bonds. The van der Waals surface area contributed by atoms with Crippen molar-refractivity contribution in [1.29, 1.82) is 0 Å². The van der Waals surface area contributed by atoms with Crippen LogP contribution in [0.4, 0.5) is 27.3 Å². The Morgan fingerprint density at radius 3 is 2.59 bits per heavy atom. The second-order valence-corrected chi connectivity index (χ2v) is 10.2. The zero-order chi connectivity index (χ0) is 29.1. The molecule has 0 radical (unpaired) electrons. The number of nitrogens with zero attached hydrogens (tertiary/aromatic N) is 4. The van der Waals surface area contributed by atoms with Crippen molar-refractivity contribution >= 4 is 69.3 Å². The summed E-state index contributed by atoms with van der Waals surface area (Å²) >= 11 is 12.6. The van der Waals surface area contributed by atoms with Crippen LogP contribution in [-0.2, 0) is 9.59 Å². The van der Waals surface area contributed by atoms with Crippen molar-refractivity contribution in [2.75, 3.05) is 41.7 Å². The minimum atomic E-state index is -0.598. The molecule has 1 aliphatic rings. The number of carbonyl (C=O) groups excluding carboxylic acids is 2. The first kappa shape index (κ1) is 28.2. The molecule has 4 aromatic rings. The summed E-state index contributed by atoms with van der Waals surface area (Å²) < 4.78 is 21.8. The zero-order valence-electron chi connectivity index (χ0n) is 22.0. The number of hydrogen-bond donors (Lipinski definition) is 3. The number of hydrogen-bond acceptors (Lipinski definition) is 7. The summed E-state index contributed by atoms with van der Waals surface area (Å²) in [7, 11) is 0. The van der Waals surface area contributed by atoms with Crippen LogP contribution < -0.4 is 20.3 Å². The summed E-state index contributed by atoms with van der Waals surface area (Å²) in [5, 5.41) is 14.3. The molecule has 0 bridgehead atoms. The average molecular weight is 598 g/mol. The molecule has 0 spiro atoms. The van der Waals surface area contributed by atoms with Gasteiger partial charge in [0.15, 0.2) is 11.6 Å². The van der Waals surface area contributed by atoms with Crippen LogP contribution in [0.3, 0.4) is 0 Å². The van der Waals surface area contributed by atoms with E-state index in [4.69, 9.17) is 27.9 Å². The molecule has 212 valence electrons. The van der Waals surface area contributed by atoms with Crippen LogP contribution in [0.25, 0.3) is 10.9 Å². The van der Waals surface area contributed by atoms with Crippen LogP contribution >= 0.6 is 23.2 Å². The first-order valence-corrected chi connectivity index (χ1v) is 13.4. The molecule has 5 rings (SSSR count). The molecular weight excluding hydrogens is 572 g/mol. The van der Waals surface area contributed by atoms with E-state index in [2.05, 4.69) is 32.4 Å². The van der Waals surface area contributed by atoms with Crippen molar-refractivity contribution in [3.63, 3.8) is 0 Å². The molecule has 1 fully saturated rings. The highest BCUT2D eigenvalue weighted by Gasteiger charge is 2.22. The van der Waals surface area contributed by atoms with E-state index in [1.54, 1.807) is 29.2 Å². The fourth-order valence-electron chi connectivity index (χ4n) is 4.62. The first-order chi connectivity index (χ1) is 19.8. The Balaban J connectivity index is 1.45. The summed E-state index contributed by atoms with van der Waals surface area (Å²) in [6.07, 6.45) is 4.41. The number of pyridine rings is 1. The summed E-state index contributed by atoms with van der Waals surface area (Å²) in [5.74, 6) is -0.276. The summed E-state index contributed by atoms with van der Waals surface area (Å²) in [5.41, 5.74) is 2.09. The highest BCUT2D eigenvalue weighted by Crippen LogP contribution is 2.37. The van der Waals surface area contributed by atoms with Gasteiger partial charge in [0.05, 0.1) is 21.2 Å². The number of aromatic nitrogens is 3. The molecule has 2 aromatic heterocycles. The van der Waals surface area contributed by atoms with Gasteiger partial charge in [0, 0.05) is 55.2 Å². The van der Waals surface area contributed by atoms with Gasteiger partial charge in [0.25, 0.3) is 0 Å². The van der Waals surface area contributed by atoms with Gasteiger partial charge in [0.2, 0.25) is 12.3 Å². The van der Waals surface area contributed by atoms with Gasteiger partial charge in [-0.05, 0) is 43.3 Å². The normalized spacial score (nSPS) is 14.0. The maximum Gasteiger partial charge on any atom is 0.247 e. The predicted octanol–water partition coefficient (Wildman–Crippen LogP) is 5.69. The molecule has 3 heterocycles. The molecule has 1 saturated heterocycles. The molecule has 41 heavy (non-hydrogen) atoms. The zero-order valence-corrected chi connectivity index (χ0v) is 23.5. The van der Waals surface area contributed by atoms with E-state index in [0.717, 1.165) is 12.5 Å². The highest BCUT2D eigenvalue weighted by atomic mass is 35.5. The number of rotatable bonds is 9. The van der Waals surface area contributed by atoms with E-state index in [9.17, 15) is 9.59 Å². The average Bonchev–Trinajstić information content (AvgIpc) is 3.36. The summed E-state index contributed by atoms with van der Waals surface area (Å²) in [4.78, 5) is 30.9. The maximum atomic E-state index is 15.6. The Labute approximate surface area is 245 Å². The van der Waals surface area contributed by atoms with Crippen molar-refractivity contribution in [3.05, 3.63) is 76.8 Å². The Morgan fingerprint density at radius 1 is 1.17 bits per heavy atom. The number of benzene rings is 2. The fourth-order valence-corrected chi connectivity index (χ4v) is 5.29. The van der Waals surface area contributed by atoms with Gasteiger partial charge in [-0.2, -0.15) is 5.10 Å². The van der Waals surface area contributed by atoms with Gasteiger partial charge in [-0.1, -0.05) is 29.8 Å². The van der Waals surface area contributed by atoms with Crippen LogP contribution in [0, 0.1) is 5.82 Å². The van der Waals surface area contributed by atoms with E-state index >= 15 is 4.39 Å². The Hall–Kier alpha value is -4.35. The largest absolute Gasteiger partial charge is 0.486 e. The van der Waals surface area contributed by atoms with E-state index in [0.29, 0.717) is 69.9 Å². The molecular formula is C28H26Cl2FN7O3. The third-order valence-corrected chi connectivity index (χ3v) is 7.34. The lowest BCUT2D eigenvalue weighted by atomic mass is 10.1. The van der Waals surface area contributed by atoms with Crippen LogP contribution in [0.1, 0.15) is 18.6 Å². The predicted molar refractivity (Wildman–Crippen MR) is 158 cm³/mol. The van der Waals surface area contributed by atoms with Crippen LogP contribution in [0.2, 0.25) is 10.0 Å². The summed E-state index contributed by atoms with van der Waals surface area (Å²) in [6, 6.07) is 8.36. The highest BCUT2D eigenvalue weighted by molar-refractivity contribution is 6.35. The molecule has 1 aliphatic heterocycles. The second kappa shape index (κ2) is 12.0. The number of H-pyrrole nitrogens is 1. The Kier molecular flexibility index (Phi) is 8.27. The standard InChI is InChI=1S/C28H26Cl2FN7O3/c1-3-25(40)33-24-11-17(38-8-6-37(15-39)7-9-38)10-22(31)27(24)34-28-19-12-18(4-5-23(19)35-36-28)41-16(2)26-20(29)13-32-14-21(26)30/h3-5,10-16H,1,6-9H2,2H3,(H,33,40)(H2,34,35,36). The molecule has 1 unspecified atom stereocenters. The third kappa shape index (κ3) is 6.06. The van der Waals surface area contributed by atoms with Crippen LogP contribution in [-0.4, -0.2) is 58.6 Å². The van der Waals surface area contributed by atoms with Gasteiger partial charge in [0.1, 0.15) is 17.5 Å². The van der Waals surface area contributed by atoms with E-state index in [1.807, 2.05) is 11.8 Å². The van der Waals surface area contributed by atoms with E-state index in [-0.39, 0.29) is 11.4 Å². The number of anilines is 4. The number of fused-ring (bicyclic) bond motifs is 1. The second-order valence-electron chi connectivity index (χ2n) is 9.35. The minimum Gasteiger partial charge on any atom is -0.486 e. The first-order valence-electron chi connectivity index (χ1n) is 12.7. The number of carbonyl (C=O) groups is 2. The van der Waals surface area contributed by atoms with Crippen molar-refractivity contribution in [2.45, 2.75) is 13.0 Å². The van der Waals surface area contributed by atoms with Gasteiger partial charge in [-0.25, -0.2) is 4.39 Å². The molecule has 1 atom stereocenters. The molecule has 13 heteroatoms. The van der Waals surface area contributed by atoms with Crippen molar-refractivity contribution < 1.29 is 18.7 Å². The topological polar surface area (TPSA) is 115 Å². The lowest BCUT2D eigenvalue weighted by Gasteiger charge is -2.34. The van der Waals surface area contributed by atoms with Crippen LogP contribution in [0.15, 0.2) is 55.4 Å². The molecule has 0 aliphatic carbocycles. The van der Waals surface area contributed by atoms with Gasteiger partial charge in [-0.15, -0.1) is 0 Å². The number of ether oxygens (including phenoxy) is 1. The number of piperazine rings is 1. The van der Waals surface area contributed by atoms with Gasteiger partial charge in [-0.3, -0.25) is 19.7 Å². The number of aromatic amines is 1. The number of halogens is 3. The minimum absolute atomic E-state index is 0.0268. The van der Waals surface area contributed by atoms with E-state index in [1.165, 1.54) is 18.5 Å².